The Labute approximate surface area is 103 Å². The predicted octanol–water partition coefficient (Wildman–Crippen LogP) is 1.67. The van der Waals surface area contributed by atoms with Crippen LogP contribution in [0.1, 0.15) is 19.8 Å². The van der Waals surface area contributed by atoms with E-state index in [0.717, 1.165) is 38.0 Å². The largest absolute Gasteiger partial charge is 0.380 e. The van der Waals surface area contributed by atoms with Gasteiger partial charge in [-0.3, -0.25) is 0 Å². The van der Waals surface area contributed by atoms with Gasteiger partial charge in [0.1, 0.15) is 6.29 Å². The van der Waals surface area contributed by atoms with Gasteiger partial charge in [-0.1, -0.05) is 0 Å². The van der Waals surface area contributed by atoms with E-state index in [0.29, 0.717) is 12.6 Å². The standard InChI is InChI=1S/C12H23NO2S/c1-11(7-16-3)13(2)8-12(9-14)5-4-6-15-10-12/h9,11H,4-8,10H2,1-3H3. The minimum Gasteiger partial charge on any atom is -0.380 e. The van der Waals surface area contributed by atoms with Crippen molar-refractivity contribution in [1.82, 2.24) is 4.90 Å². The molecule has 94 valence electrons. The van der Waals surface area contributed by atoms with E-state index >= 15 is 0 Å². The van der Waals surface area contributed by atoms with Gasteiger partial charge in [-0.15, -0.1) is 0 Å². The first-order valence-corrected chi connectivity index (χ1v) is 7.26. The van der Waals surface area contributed by atoms with Crippen LogP contribution in [0.5, 0.6) is 0 Å². The summed E-state index contributed by atoms with van der Waals surface area (Å²) in [5.74, 6) is 1.10. The molecule has 16 heavy (non-hydrogen) atoms. The highest BCUT2D eigenvalue weighted by Gasteiger charge is 2.34. The molecule has 0 N–H and O–H groups in total. The zero-order valence-corrected chi connectivity index (χ0v) is 11.4. The number of hydrogen-bond acceptors (Lipinski definition) is 4. The summed E-state index contributed by atoms with van der Waals surface area (Å²) in [6.45, 7) is 4.42. The first-order chi connectivity index (χ1) is 7.63. The van der Waals surface area contributed by atoms with Crippen LogP contribution in [0.15, 0.2) is 0 Å². The Balaban J connectivity index is 2.51. The Kier molecular flexibility index (Phi) is 5.79. The summed E-state index contributed by atoms with van der Waals surface area (Å²) in [5, 5.41) is 0. The summed E-state index contributed by atoms with van der Waals surface area (Å²) in [6.07, 6.45) is 5.19. The van der Waals surface area contributed by atoms with Crippen molar-refractivity contribution in [3.63, 3.8) is 0 Å². The second-order valence-electron chi connectivity index (χ2n) is 4.86. The Morgan fingerprint density at radius 3 is 2.88 bits per heavy atom. The molecule has 0 aromatic carbocycles. The van der Waals surface area contributed by atoms with Crippen LogP contribution in [0.4, 0.5) is 0 Å². The molecule has 2 atom stereocenters. The lowest BCUT2D eigenvalue weighted by Crippen LogP contribution is -2.46. The molecule has 0 saturated carbocycles. The summed E-state index contributed by atoms with van der Waals surface area (Å²) < 4.78 is 5.45. The molecule has 1 heterocycles. The molecule has 1 aliphatic heterocycles. The molecular formula is C12H23NO2S. The zero-order valence-electron chi connectivity index (χ0n) is 10.6. The Morgan fingerprint density at radius 1 is 1.62 bits per heavy atom. The highest BCUT2D eigenvalue weighted by molar-refractivity contribution is 7.98. The lowest BCUT2D eigenvalue weighted by molar-refractivity contribution is -0.125. The quantitative estimate of drug-likeness (QED) is 0.666. The van der Waals surface area contributed by atoms with Crippen LogP contribution in [-0.2, 0) is 9.53 Å². The first-order valence-electron chi connectivity index (χ1n) is 5.87. The van der Waals surface area contributed by atoms with Crippen molar-refractivity contribution >= 4 is 18.0 Å². The number of hydrogen-bond donors (Lipinski definition) is 0. The van der Waals surface area contributed by atoms with Crippen LogP contribution in [0.25, 0.3) is 0 Å². The summed E-state index contributed by atoms with van der Waals surface area (Å²) in [5.41, 5.74) is -0.264. The number of carbonyl (C=O) groups excluding carboxylic acids is 1. The summed E-state index contributed by atoms with van der Waals surface area (Å²) >= 11 is 1.85. The molecule has 0 radical (unpaired) electrons. The van der Waals surface area contributed by atoms with Gasteiger partial charge in [-0.25, -0.2) is 0 Å². The van der Waals surface area contributed by atoms with Crippen molar-refractivity contribution in [2.24, 2.45) is 5.41 Å². The average Bonchev–Trinajstić information content (AvgIpc) is 2.30. The van der Waals surface area contributed by atoms with Gasteiger partial charge in [0.05, 0.1) is 12.0 Å². The number of carbonyl (C=O) groups is 1. The number of aldehydes is 1. The molecule has 3 nitrogen and oxygen atoms in total. The molecule has 0 aromatic heterocycles. The van der Waals surface area contributed by atoms with Crippen LogP contribution >= 0.6 is 11.8 Å². The second-order valence-corrected chi connectivity index (χ2v) is 5.77. The van der Waals surface area contributed by atoms with E-state index in [9.17, 15) is 4.79 Å². The topological polar surface area (TPSA) is 29.5 Å². The number of nitrogens with zero attached hydrogens (tertiary/aromatic N) is 1. The van der Waals surface area contributed by atoms with E-state index < -0.39 is 0 Å². The van der Waals surface area contributed by atoms with Gasteiger partial charge in [-0.05, 0) is 33.1 Å². The lowest BCUT2D eigenvalue weighted by atomic mass is 9.83. The molecule has 1 rings (SSSR count). The molecule has 1 saturated heterocycles. The van der Waals surface area contributed by atoms with Gasteiger partial charge >= 0.3 is 0 Å². The first kappa shape index (κ1) is 14.0. The van der Waals surface area contributed by atoms with E-state index in [-0.39, 0.29) is 5.41 Å². The van der Waals surface area contributed by atoms with Crippen molar-refractivity contribution in [3.8, 4) is 0 Å². The zero-order chi connectivity index (χ0) is 12.0. The van der Waals surface area contributed by atoms with Crippen LogP contribution in [-0.4, -0.2) is 56.0 Å². The highest BCUT2D eigenvalue weighted by Crippen LogP contribution is 2.27. The highest BCUT2D eigenvalue weighted by atomic mass is 32.2. The fourth-order valence-corrected chi connectivity index (χ4v) is 2.89. The molecule has 0 bridgehead atoms. The monoisotopic (exact) mass is 245 g/mol. The SMILES string of the molecule is CSCC(C)N(C)CC1(C=O)CCCOC1. The Hall–Kier alpha value is -0.0600. The maximum atomic E-state index is 11.3. The smallest absolute Gasteiger partial charge is 0.129 e. The van der Waals surface area contributed by atoms with E-state index in [2.05, 4.69) is 25.1 Å². The van der Waals surface area contributed by atoms with Gasteiger partial charge in [0.2, 0.25) is 0 Å². The molecule has 4 heteroatoms. The molecule has 0 aromatic rings. The fraction of sp³-hybridized carbons (Fsp3) is 0.917. The van der Waals surface area contributed by atoms with Crippen molar-refractivity contribution in [2.45, 2.75) is 25.8 Å². The van der Waals surface area contributed by atoms with Crippen LogP contribution in [0.3, 0.4) is 0 Å². The normalized spacial score (nSPS) is 28.0. The predicted molar refractivity (Wildman–Crippen MR) is 69.0 cm³/mol. The third-order valence-electron chi connectivity index (χ3n) is 3.33. The van der Waals surface area contributed by atoms with Gasteiger partial charge in [0.15, 0.2) is 0 Å². The Bertz CT molecular complexity index is 217. The molecular weight excluding hydrogens is 222 g/mol. The number of ether oxygens (including phenoxy) is 1. The number of thioether (sulfide) groups is 1. The Morgan fingerprint density at radius 2 is 2.38 bits per heavy atom. The van der Waals surface area contributed by atoms with Gasteiger partial charge in [-0.2, -0.15) is 11.8 Å². The molecule has 1 aliphatic rings. The summed E-state index contributed by atoms with van der Waals surface area (Å²) in [4.78, 5) is 13.6. The summed E-state index contributed by atoms with van der Waals surface area (Å²) in [7, 11) is 2.10. The molecule has 2 unspecified atom stereocenters. The molecule has 0 spiro atoms. The van der Waals surface area contributed by atoms with Crippen LogP contribution < -0.4 is 0 Å². The fourth-order valence-electron chi connectivity index (χ4n) is 2.15. The van der Waals surface area contributed by atoms with Crippen molar-refractivity contribution < 1.29 is 9.53 Å². The van der Waals surface area contributed by atoms with Gasteiger partial charge in [0, 0.05) is 24.9 Å². The van der Waals surface area contributed by atoms with Crippen molar-refractivity contribution in [2.75, 3.05) is 38.8 Å². The third-order valence-corrected chi connectivity index (χ3v) is 4.14. The minimum atomic E-state index is -0.264. The van der Waals surface area contributed by atoms with E-state index in [1.165, 1.54) is 0 Å². The summed E-state index contributed by atoms with van der Waals surface area (Å²) in [6, 6.07) is 0.508. The van der Waals surface area contributed by atoms with Gasteiger partial charge < -0.3 is 14.4 Å². The maximum Gasteiger partial charge on any atom is 0.129 e. The van der Waals surface area contributed by atoms with Crippen LogP contribution in [0.2, 0.25) is 0 Å². The lowest BCUT2D eigenvalue weighted by Gasteiger charge is -2.37. The van der Waals surface area contributed by atoms with Crippen molar-refractivity contribution in [3.05, 3.63) is 0 Å². The maximum absolute atomic E-state index is 11.3. The second kappa shape index (κ2) is 6.62. The van der Waals surface area contributed by atoms with E-state index in [1.807, 2.05) is 11.8 Å². The number of rotatable bonds is 6. The average molecular weight is 245 g/mol. The van der Waals surface area contributed by atoms with E-state index in [1.54, 1.807) is 0 Å². The molecule has 0 amide bonds. The molecule has 1 fully saturated rings. The van der Waals surface area contributed by atoms with E-state index in [4.69, 9.17) is 4.74 Å². The van der Waals surface area contributed by atoms with Gasteiger partial charge in [0.25, 0.3) is 0 Å². The van der Waals surface area contributed by atoms with Crippen molar-refractivity contribution in [1.29, 1.82) is 0 Å². The van der Waals surface area contributed by atoms with Crippen LogP contribution in [0, 0.1) is 5.41 Å². The third kappa shape index (κ3) is 3.75. The minimum absolute atomic E-state index is 0.264. The molecule has 0 aliphatic carbocycles.